The highest BCUT2D eigenvalue weighted by Gasteiger charge is 2.24. The Morgan fingerprint density at radius 1 is 0.946 bits per heavy atom. The minimum Gasteiger partial charge on any atom is -0.382 e. The van der Waals surface area contributed by atoms with E-state index in [0.29, 0.717) is 45.7 Å². The third-order valence-electron chi connectivity index (χ3n) is 5.98. The molecule has 37 heavy (non-hydrogen) atoms. The third-order valence-corrected chi connectivity index (χ3v) is 5.98. The van der Waals surface area contributed by atoms with Gasteiger partial charge in [-0.25, -0.2) is 18.3 Å². The predicted molar refractivity (Wildman–Crippen MR) is 135 cm³/mol. The molecule has 11 heteroatoms. The van der Waals surface area contributed by atoms with E-state index in [9.17, 15) is 18.4 Å². The van der Waals surface area contributed by atoms with Crippen LogP contribution in [0.2, 0.25) is 0 Å². The SMILES string of the molecule is O=C1C/C(=C/c2cnn3ccc(Nc4cc(Nc5ccc(F)c(F)c5)cc(NC5CC5)c4)nc23)C(=O)N1. The standard InChI is InChI=1S/C26H21F2N7O2/c27-21-4-3-17(12-22(21)28)31-19-9-18(30-16-1-2-16)10-20(11-19)32-23-5-6-35-25(33-23)15(13-29-35)7-14-8-24(36)34-26(14)37/h3-7,9-13,16,30-31H,1-2,8H2,(H,32,33)(H,34,36,37)/b14-7-. The highest BCUT2D eigenvalue weighted by Crippen LogP contribution is 2.31. The van der Waals surface area contributed by atoms with Crippen molar-refractivity contribution < 1.29 is 18.4 Å². The van der Waals surface area contributed by atoms with Crippen LogP contribution in [0.3, 0.4) is 0 Å². The molecule has 2 aromatic heterocycles. The van der Waals surface area contributed by atoms with Gasteiger partial charge in [-0.1, -0.05) is 0 Å². The number of hydrogen-bond donors (Lipinski definition) is 4. The Morgan fingerprint density at radius 3 is 2.46 bits per heavy atom. The summed E-state index contributed by atoms with van der Waals surface area (Å²) >= 11 is 0. The molecule has 2 aliphatic rings. The average Bonchev–Trinajstić information content (AvgIpc) is 3.49. The fraction of sp³-hybridized carbons (Fsp3) is 0.154. The Kier molecular flexibility index (Phi) is 5.52. The largest absolute Gasteiger partial charge is 0.382 e. The molecule has 1 aliphatic heterocycles. The summed E-state index contributed by atoms with van der Waals surface area (Å²) in [4.78, 5) is 28.1. The Morgan fingerprint density at radius 2 is 1.73 bits per heavy atom. The minimum absolute atomic E-state index is 0.0165. The summed E-state index contributed by atoms with van der Waals surface area (Å²) in [6.07, 6.45) is 7.13. The van der Waals surface area contributed by atoms with Gasteiger partial charge in [0, 0.05) is 52.2 Å². The molecule has 2 fully saturated rings. The van der Waals surface area contributed by atoms with Gasteiger partial charge in [-0.3, -0.25) is 14.9 Å². The predicted octanol–water partition coefficient (Wildman–Crippen LogP) is 4.50. The molecule has 0 spiro atoms. The van der Waals surface area contributed by atoms with E-state index in [1.807, 2.05) is 18.2 Å². The van der Waals surface area contributed by atoms with Gasteiger partial charge in [-0.05, 0) is 55.3 Å². The molecule has 6 rings (SSSR count). The van der Waals surface area contributed by atoms with Crippen LogP contribution in [-0.2, 0) is 9.59 Å². The van der Waals surface area contributed by atoms with Gasteiger partial charge in [-0.15, -0.1) is 0 Å². The molecular formula is C26H21F2N7O2. The van der Waals surface area contributed by atoms with Crippen LogP contribution in [-0.4, -0.2) is 32.5 Å². The molecule has 0 radical (unpaired) electrons. The summed E-state index contributed by atoms with van der Waals surface area (Å²) in [5.41, 5.74) is 4.14. The number of hydrogen-bond acceptors (Lipinski definition) is 7. The van der Waals surface area contributed by atoms with E-state index in [4.69, 9.17) is 0 Å². The van der Waals surface area contributed by atoms with Gasteiger partial charge < -0.3 is 16.0 Å². The van der Waals surface area contributed by atoms with Gasteiger partial charge >= 0.3 is 0 Å². The summed E-state index contributed by atoms with van der Waals surface area (Å²) < 4.78 is 28.6. The molecule has 186 valence electrons. The molecule has 3 heterocycles. The lowest BCUT2D eigenvalue weighted by Gasteiger charge is -2.14. The van der Waals surface area contributed by atoms with Crippen molar-refractivity contribution in [2.75, 3.05) is 16.0 Å². The summed E-state index contributed by atoms with van der Waals surface area (Å²) in [6.45, 7) is 0. The highest BCUT2D eigenvalue weighted by atomic mass is 19.2. The Balaban J connectivity index is 1.30. The van der Waals surface area contributed by atoms with Gasteiger partial charge in [0.15, 0.2) is 17.3 Å². The lowest BCUT2D eigenvalue weighted by molar-refractivity contribution is -0.124. The van der Waals surface area contributed by atoms with Gasteiger partial charge in [0.2, 0.25) is 5.91 Å². The third kappa shape index (κ3) is 4.96. The Labute approximate surface area is 209 Å². The van der Waals surface area contributed by atoms with Crippen molar-refractivity contribution in [2.24, 2.45) is 0 Å². The lowest BCUT2D eigenvalue weighted by atomic mass is 10.1. The van der Waals surface area contributed by atoms with Crippen molar-refractivity contribution in [1.29, 1.82) is 0 Å². The smallest absolute Gasteiger partial charge is 0.254 e. The van der Waals surface area contributed by atoms with E-state index in [-0.39, 0.29) is 12.3 Å². The maximum atomic E-state index is 13.7. The number of amides is 2. The van der Waals surface area contributed by atoms with E-state index < -0.39 is 17.5 Å². The second-order valence-electron chi connectivity index (χ2n) is 9.00. The van der Waals surface area contributed by atoms with Crippen LogP contribution < -0.4 is 21.3 Å². The molecule has 1 saturated heterocycles. The number of halogens is 2. The summed E-state index contributed by atoms with van der Waals surface area (Å²) in [7, 11) is 0. The second kappa shape index (κ2) is 9.01. The van der Waals surface area contributed by atoms with Crippen molar-refractivity contribution in [3.63, 3.8) is 0 Å². The number of carbonyl (C=O) groups is 2. The molecule has 4 aromatic rings. The summed E-state index contributed by atoms with van der Waals surface area (Å²) in [6, 6.07) is 11.5. The monoisotopic (exact) mass is 501 g/mol. The molecule has 2 amide bonds. The molecule has 1 aliphatic carbocycles. The van der Waals surface area contributed by atoms with Crippen LogP contribution in [0.15, 0.2) is 60.4 Å². The zero-order valence-corrected chi connectivity index (χ0v) is 19.4. The molecule has 9 nitrogen and oxygen atoms in total. The highest BCUT2D eigenvalue weighted by molar-refractivity contribution is 6.15. The van der Waals surface area contributed by atoms with Crippen LogP contribution in [0.25, 0.3) is 11.7 Å². The van der Waals surface area contributed by atoms with Crippen molar-refractivity contribution in [2.45, 2.75) is 25.3 Å². The van der Waals surface area contributed by atoms with Gasteiger partial charge in [-0.2, -0.15) is 5.10 Å². The Hall–Kier alpha value is -4.80. The molecule has 1 saturated carbocycles. The maximum Gasteiger partial charge on any atom is 0.254 e. The summed E-state index contributed by atoms with van der Waals surface area (Å²) in [5.74, 6) is -2.06. The van der Waals surface area contributed by atoms with Crippen molar-refractivity contribution in [3.05, 3.63) is 77.6 Å². The summed E-state index contributed by atoms with van der Waals surface area (Å²) in [5, 5.41) is 16.4. The molecule has 0 bridgehead atoms. The van der Waals surface area contributed by atoms with E-state index in [1.54, 1.807) is 29.1 Å². The van der Waals surface area contributed by atoms with Crippen LogP contribution in [0.5, 0.6) is 0 Å². The molecule has 0 atom stereocenters. The maximum absolute atomic E-state index is 13.7. The van der Waals surface area contributed by atoms with Gasteiger partial charge in [0.1, 0.15) is 5.82 Å². The first-order valence-corrected chi connectivity index (χ1v) is 11.7. The number of benzene rings is 2. The van der Waals surface area contributed by atoms with Crippen molar-refractivity contribution in [1.82, 2.24) is 19.9 Å². The first kappa shape index (κ1) is 22.7. The molecule has 0 unspecified atom stereocenters. The Bertz CT molecular complexity index is 1590. The number of anilines is 5. The van der Waals surface area contributed by atoms with Crippen LogP contribution >= 0.6 is 0 Å². The number of imide groups is 1. The van der Waals surface area contributed by atoms with E-state index >= 15 is 0 Å². The lowest BCUT2D eigenvalue weighted by Crippen LogP contribution is -2.19. The van der Waals surface area contributed by atoms with Crippen molar-refractivity contribution >= 4 is 52.1 Å². The number of nitrogens with zero attached hydrogens (tertiary/aromatic N) is 3. The average molecular weight is 501 g/mol. The van der Waals surface area contributed by atoms with E-state index in [0.717, 1.165) is 30.7 Å². The van der Waals surface area contributed by atoms with Gasteiger partial charge in [0.25, 0.3) is 5.91 Å². The van der Waals surface area contributed by atoms with E-state index in [2.05, 4.69) is 31.3 Å². The first-order chi connectivity index (χ1) is 17.9. The van der Waals surface area contributed by atoms with Crippen molar-refractivity contribution in [3.8, 4) is 0 Å². The number of carbonyl (C=O) groups excluding carboxylic acids is 2. The van der Waals surface area contributed by atoms with E-state index in [1.165, 1.54) is 6.07 Å². The number of fused-ring (bicyclic) bond motifs is 1. The zero-order valence-electron chi connectivity index (χ0n) is 19.4. The van der Waals surface area contributed by atoms with Crippen LogP contribution in [0.1, 0.15) is 24.8 Å². The fourth-order valence-electron chi connectivity index (χ4n) is 4.07. The normalized spacial score (nSPS) is 16.3. The van der Waals surface area contributed by atoms with Gasteiger partial charge in [0.05, 0.1) is 12.6 Å². The van der Waals surface area contributed by atoms with Crippen LogP contribution in [0, 0.1) is 11.6 Å². The number of nitrogens with one attached hydrogen (secondary N) is 4. The first-order valence-electron chi connectivity index (χ1n) is 11.7. The number of rotatable bonds is 7. The molecule has 2 aromatic carbocycles. The molecular weight excluding hydrogens is 480 g/mol. The second-order valence-corrected chi connectivity index (χ2v) is 9.00. The number of aromatic nitrogens is 3. The zero-order chi connectivity index (χ0) is 25.5. The van der Waals surface area contributed by atoms with Crippen LogP contribution in [0.4, 0.5) is 37.3 Å². The molecule has 4 N–H and O–H groups in total. The quantitative estimate of drug-likeness (QED) is 0.218. The fourth-order valence-corrected chi connectivity index (χ4v) is 4.07. The topological polar surface area (TPSA) is 112 Å². The minimum atomic E-state index is -0.931.